The van der Waals surface area contributed by atoms with E-state index in [-0.39, 0.29) is 30.7 Å². The van der Waals surface area contributed by atoms with Gasteiger partial charge in [-0.15, -0.1) is 0 Å². The van der Waals surface area contributed by atoms with Crippen LogP contribution < -0.4 is 0 Å². The first-order chi connectivity index (χ1) is 12.9. The molecule has 1 aromatic heterocycles. The molecule has 3 rings (SSSR count). The van der Waals surface area contributed by atoms with E-state index in [9.17, 15) is 31.1 Å². The Morgan fingerprint density at radius 2 is 1.79 bits per heavy atom. The smallest absolute Gasteiger partial charge is 0.418 e. The Morgan fingerprint density at radius 1 is 1.18 bits per heavy atom. The lowest BCUT2D eigenvalue weighted by Gasteiger charge is -2.36. The Labute approximate surface area is 155 Å². The second kappa shape index (κ2) is 6.68. The van der Waals surface area contributed by atoms with Crippen LogP contribution in [0.2, 0.25) is 0 Å². The third-order valence-corrected chi connectivity index (χ3v) is 4.63. The zero-order valence-corrected chi connectivity index (χ0v) is 15.0. The minimum absolute atomic E-state index is 0.0226. The lowest BCUT2D eigenvalue weighted by Crippen LogP contribution is -2.39. The highest BCUT2D eigenvalue weighted by atomic mass is 19.4. The molecule has 10 heteroatoms. The maximum absolute atomic E-state index is 13.5. The van der Waals surface area contributed by atoms with Gasteiger partial charge in [0.1, 0.15) is 0 Å². The van der Waals surface area contributed by atoms with Crippen LogP contribution in [0.25, 0.3) is 10.9 Å². The summed E-state index contributed by atoms with van der Waals surface area (Å²) in [5, 5.41) is -0.562. The summed E-state index contributed by atoms with van der Waals surface area (Å²) in [6, 6.07) is 0.837. The number of aromatic nitrogens is 1. The van der Waals surface area contributed by atoms with Crippen molar-refractivity contribution in [2.24, 2.45) is 0 Å². The van der Waals surface area contributed by atoms with E-state index in [1.54, 1.807) is 6.92 Å². The zero-order valence-electron chi connectivity index (χ0n) is 15.0. The number of esters is 1. The van der Waals surface area contributed by atoms with Crippen LogP contribution in [0.3, 0.4) is 0 Å². The van der Waals surface area contributed by atoms with Crippen molar-refractivity contribution >= 4 is 16.9 Å². The molecule has 1 aliphatic rings. The van der Waals surface area contributed by atoms with Crippen LogP contribution in [0.15, 0.2) is 12.1 Å². The van der Waals surface area contributed by atoms with E-state index in [1.807, 2.05) is 0 Å². The highest BCUT2D eigenvalue weighted by molar-refractivity contribution is 5.92. The fourth-order valence-electron chi connectivity index (χ4n) is 3.70. The van der Waals surface area contributed by atoms with Gasteiger partial charge in [-0.1, -0.05) is 6.92 Å². The zero-order chi connectivity index (χ0) is 20.9. The number of H-pyrrole nitrogens is 1. The Morgan fingerprint density at radius 3 is 2.32 bits per heavy atom. The molecule has 0 radical (unpaired) electrons. The van der Waals surface area contributed by atoms with E-state index in [2.05, 4.69) is 4.98 Å². The predicted octanol–water partition coefficient (Wildman–Crippen LogP) is 5.29. The summed E-state index contributed by atoms with van der Waals surface area (Å²) in [6.07, 6.45) is -9.28. The number of hydrogen-bond acceptors (Lipinski definition) is 3. The average molecular weight is 409 g/mol. The van der Waals surface area contributed by atoms with Gasteiger partial charge in [-0.2, -0.15) is 26.3 Å². The molecule has 1 aromatic carbocycles. The summed E-state index contributed by atoms with van der Waals surface area (Å²) in [7, 11) is 0. The first-order valence-corrected chi connectivity index (χ1v) is 8.56. The molecule has 0 saturated heterocycles. The van der Waals surface area contributed by atoms with E-state index in [1.165, 1.54) is 0 Å². The van der Waals surface area contributed by atoms with Gasteiger partial charge in [0, 0.05) is 18.7 Å². The summed E-state index contributed by atoms with van der Waals surface area (Å²) >= 11 is 0. The van der Waals surface area contributed by atoms with Crippen molar-refractivity contribution in [1.82, 2.24) is 4.98 Å². The molecule has 154 valence electrons. The lowest BCUT2D eigenvalue weighted by atomic mass is 9.94. The number of carbonyl (C=O) groups is 1. The van der Waals surface area contributed by atoms with Gasteiger partial charge in [0.15, 0.2) is 0 Å². The monoisotopic (exact) mass is 409 g/mol. The Bertz CT molecular complexity index is 915. The minimum atomic E-state index is -4.87. The molecule has 2 heterocycles. The van der Waals surface area contributed by atoms with Gasteiger partial charge in [-0.3, -0.25) is 4.79 Å². The molecule has 0 saturated carbocycles. The fourth-order valence-corrected chi connectivity index (χ4v) is 3.70. The number of benzene rings is 1. The third kappa shape index (κ3) is 3.34. The van der Waals surface area contributed by atoms with Gasteiger partial charge in [0.25, 0.3) is 5.79 Å². The van der Waals surface area contributed by atoms with Crippen molar-refractivity contribution in [3.8, 4) is 0 Å². The molecule has 4 nitrogen and oxygen atoms in total. The van der Waals surface area contributed by atoms with Crippen molar-refractivity contribution in [3.05, 3.63) is 34.5 Å². The number of carbonyl (C=O) groups excluding carboxylic acids is 1. The van der Waals surface area contributed by atoms with Crippen LogP contribution in [0, 0.1) is 0 Å². The fraction of sp³-hybridized carbons (Fsp3) is 0.500. The average Bonchev–Trinajstić information content (AvgIpc) is 2.92. The molecule has 0 bridgehead atoms. The van der Waals surface area contributed by atoms with Crippen molar-refractivity contribution in [2.45, 2.75) is 51.2 Å². The number of halogens is 6. The van der Waals surface area contributed by atoms with E-state index in [0.29, 0.717) is 18.6 Å². The number of rotatable bonds is 3. The van der Waals surface area contributed by atoms with E-state index in [4.69, 9.17) is 9.47 Å². The van der Waals surface area contributed by atoms with Gasteiger partial charge < -0.3 is 14.5 Å². The van der Waals surface area contributed by atoms with Gasteiger partial charge in [0.05, 0.1) is 28.9 Å². The topological polar surface area (TPSA) is 51.3 Å². The van der Waals surface area contributed by atoms with E-state index >= 15 is 0 Å². The van der Waals surface area contributed by atoms with Crippen LogP contribution >= 0.6 is 0 Å². The van der Waals surface area contributed by atoms with Crippen molar-refractivity contribution in [1.29, 1.82) is 0 Å². The first kappa shape index (κ1) is 20.5. The normalized spacial score (nSPS) is 20.3. The standard InChI is InChI=1S/C18H17F6NO3/c1-3-7-16(28-9(2)26)15-10(6-8-27-16)13-11(17(19,20)21)4-5-12(14(13)25-15)18(22,23)24/h4-5,25H,3,6-8H2,1-2H3. The minimum Gasteiger partial charge on any atom is -0.427 e. The predicted molar refractivity (Wildman–Crippen MR) is 86.3 cm³/mol. The SMILES string of the molecule is CCCC1(OC(C)=O)OCCc2c1[nH]c1c(C(F)(F)F)ccc(C(F)(F)F)c21. The van der Waals surface area contributed by atoms with Crippen LogP contribution in [-0.4, -0.2) is 17.6 Å². The van der Waals surface area contributed by atoms with Gasteiger partial charge in [-0.05, 0) is 30.5 Å². The largest absolute Gasteiger partial charge is 0.427 e. The Kier molecular flexibility index (Phi) is 4.89. The van der Waals surface area contributed by atoms with Crippen LogP contribution in [0.1, 0.15) is 49.1 Å². The summed E-state index contributed by atoms with van der Waals surface area (Å²) in [6.45, 7) is 2.73. The molecule has 1 aliphatic heterocycles. The molecule has 0 amide bonds. The molecule has 0 aliphatic carbocycles. The second-order valence-electron chi connectivity index (χ2n) is 6.58. The van der Waals surface area contributed by atoms with Crippen LogP contribution in [0.4, 0.5) is 26.3 Å². The first-order valence-electron chi connectivity index (χ1n) is 8.56. The highest BCUT2D eigenvalue weighted by Crippen LogP contribution is 2.47. The Balaban J connectivity index is 2.40. The summed E-state index contributed by atoms with van der Waals surface area (Å²) < 4.78 is 91.8. The molecular weight excluding hydrogens is 392 g/mol. The van der Waals surface area contributed by atoms with E-state index < -0.39 is 46.1 Å². The van der Waals surface area contributed by atoms with Gasteiger partial charge >= 0.3 is 18.3 Å². The molecule has 28 heavy (non-hydrogen) atoms. The molecule has 1 N–H and O–H groups in total. The number of fused-ring (bicyclic) bond motifs is 3. The quantitative estimate of drug-likeness (QED) is 0.553. The molecule has 1 unspecified atom stereocenters. The molecule has 0 spiro atoms. The van der Waals surface area contributed by atoms with Crippen LogP contribution in [-0.2, 0) is 38.8 Å². The molecular formula is C18H17F6NO3. The van der Waals surface area contributed by atoms with Gasteiger partial charge in [0.2, 0.25) is 0 Å². The van der Waals surface area contributed by atoms with Crippen LogP contribution in [0.5, 0.6) is 0 Å². The number of alkyl halides is 6. The summed E-state index contributed by atoms with van der Waals surface area (Å²) in [5.41, 5.74) is -3.14. The molecule has 0 fully saturated rings. The number of hydrogen-bond donors (Lipinski definition) is 1. The van der Waals surface area contributed by atoms with Crippen molar-refractivity contribution < 1.29 is 40.6 Å². The molecule has 2 aromatic rings. The second-order valence-corrected chi connectivity index (χ2v) is 6.58. The molecule has 1 atom stereocenters. The Hall–Kier alpha value is -2.23. The lowest BCUT2D eigenvalue weighted by molar-refractivity contribution is -0.247. The highest BCUT2D eigenvalue weighted by Gasteiger charge is 2.46. The summed E-state index contributed by atoms with van der Waals surface area (Å²) in [4.78, 5) is 14.1. The van der Waals surface area contributed by atoms with Gasteiger partial charge in [-0.25, -0.2) is 0 Å². The van der Waals surface area contributed by atoms with Crippen molar-refractivity contribution in [3.63, 3.8) is 0 Å². The summed E-state index contributed by atoms with van der Waals surface area (Å²) in [5.74, 6) is -2.51. The maximum atomic E-state index is 13.5. The number of nitrogens with one attached hydrogen (secondary N) is 1. The van der Waals surface area contributed by atoms with Crippen molar-refractivity contribution in [2.75, 3.05) is 6.61 Å². The van der Waals surface area contributed by atoms with E-state index in [0.717, 1.165) is 6.92 Å². The third-order valence-electron chi connectivity index (χ3n) is 4.63. The number of aromatic amines is 1. The maximum Gasteiger partial charge on any atom is 0.418 e. The number of ether oxygens (including phenoxy) is 2.